The maximum atomic E-state index is 11.2. The molecule has 2 unspecified atom stereocenters. The van der Waals surface area contributed by atoms with E-state index in [2.05, 4.69) is 0 Å². The van der Waals surface area contributed by atoms with Crippen LogP contribution in [0.2, 0.25) is 0 Å². The predicted octanol–water partition coefficient (Wildman–Crippen LogP) is -0.304. The van der Waals surface area contributed by atoms with E-state index in [0.717, 1.165) is 0 Å². The van der Waals surface area contributed by atoms with Crippen LogP contribution in [0, 0.1) is 16.7 Å². The van der Waals surface area contributed by atoms with Gasteiger partial charge in [-0.3, -0.25) is 0 Å². The summed E-state index contributed by atoms with van der Waals surface area (Å²) in [5.41, 5.74) is -0.991. The fourth-order valence-electron chi connectivity index (χ4n) is 1.26. The zero-order chi connectivity index (χ0) is 9.41. The van der Waals surface area contributed by atoms with Gasteiger partial charge in [0.15, 0.2) is 9.84 Å². The molecule has 1 fully saturated rings. The van der Waals surface area contributed by atoms with Gasteiger partial charge in [0.05, 0.1) is 23.3 Å². The van der Waals surface area contributed by atoms with Gasteiger partial charge in [0.25, 0.3) is 0 Å². The van der Waals surface area contributed by atoms with Crippen molar-refractivity contribution in [3.63, 3.8) is 0 Å². The largest absolute Gasteiger partial charge is 0.395 e. The fraction of sp³-hybridized carbons (Fsp3) is 0.857. The molecular formula is C7H11NO3S. The molecule has 1 aliphatic carbocycles. The zero-order valence-corrected chi connectivity index (χ0v) is 7.63. The summed E-state index contributed by atoms with van der Waals surface area (Å²) < 4.78 is 22.5. The second kappa shape index (κ2) is 2.71. The van der Waals surface area contributed by atoms with Crippen LogP contribution >= 0.6 is 0 Å². The molecule has 5 heteroatoms. The standard InChI is InChI=1S/C7H11NO3S/c1-2-12(10,11)6-3-7(6,4-8)5-9/h6,9H,2-3,5H2,1H3. The van der Waals surface area contributed by atoms with Crippen molar-refractivity contribution in [2.75, 3.05) is 12.4 Å². The van der Waals surface area contributed by atoms with Gasteiger partial charge < -0.3 is 5.11 Å². The lowest BCUT2D eigenvalue weighted by Gasteiger charge is -2.02. The summed E-state index contributed by atoms with van der Waals surface area (Å²) >= 11 is 0. The Hall–Kier alpha value is -0.600. The van der Waals surface area contributed by atoms with Crippen LogP contribution < -0.4 is 0 Å². The Balaban J connectivity index is 2.83. The van der Waals surface area contributed by atoms with Crippen LogP contribution in [0.1, 0.15) is 13.3 Å². The van der Waals surface area contributed by atoms with Crippen LogP contribution in [0.5, 0.6) is 0 Å². The third-order valence-corrected chi connectivity index (χ3v) is 4.64. The molecule has 1 saturated carbocycles. The van der Waals surface area contributed by atoms with Gasteiger partial charge in [0.1, 0.15) is 0 Å². The van der Waals surface area contributed by atoms with Crippen molar-refractivity contribution in [2.45, 2.75) is 18.6 Å². The summed E-state index contributed by atoms with van der Waals surface area (Å²) in [4.78, 5) is 0. The molecule has 0 amide bonds. The normalized spacial score (nSPS) is 34.2. The van der Waals surface area contributed by atoms with Crippen LogP contribution in [-0.2, 0) is 9.84 Å². The third-order valence-electron chi connectivity index (χ3n) is 2.35. The first-order valence-electron chi connectivity index (χ1n) is 3.76. The zero-order valence-electron chi connectivity index (χ0n) is 6.82. The number of aliphatic hydroxyl groups is 1. The molecular weight excluding hydrogens is 178 g/mol. The van der Waals surface area contributed by atoms with Gasteiger partial charge >= 0.3 is 0 Å². The van der Waals surface area contributed by atoms with E-state index in [-0.39, 0.29) is 18.8 Å². The third kappa shape index (κ3) is 1.21. The van der Waals surface area contributed by atoms with Crippen LogP contribution in [0.25, 0.3) is 0 Å². The number of hydrogen-bond donors (Lipinski definition) is 1. The van der Waals surface area contributed by atoms with Crippen LogP contribution in [-0.4, -0.2) is 31.1 Å². The molecule has 0 aromatic heterocycles. The van der Waals surface area contributed by atoms with Crippen molar-refractivity contribution >= 4 is 9.84 Å². The maximum Gasteiger partial charge on any atom is 0.154 e. The van der Waals surface area contributed by atoms with Crippen molar-refractivity contribution in [3.8, 4) is 6.07 Å². The number of nitriles is 1. The summed E-state index contributed by atoms with van der Waals surface area (Å²) in [5.74, 6) is 0.0428. The minimum absolute atomic E-state index is 0.0428. The van der Waals surface area contributed by atoms with E-state index in [1.165, 1.54) is 0 Å². The Morgan fingerprint density at radius 2 is 2.33 bits per heavy atom. The van der Waals surface area contributed by atoms with Gasteiger partial charge in [-0.05, 0) is 6.42 Å². The first kappa shape index (κ1) is 9.49. The van der Waals surface area contributed by atoms with E-state index in [1.807, 2.05) is 6.07 Å². The van der Waals surface area contributed by atoms with Gasteiger partial charge in [-0.2, -0.15) is 5.26 Å². The molecule has 0 heterocycles. The first-order valence-corrected chi connectivity index (χ1v) is 5.47. The Morgan fingerprint density at radius 3 is 2.58 bits per heavy atom. The molecule has 0 bridgehead atoms. The van der Waals surface area contributed by atoms with E-state index < -0.39 is 20.5 Å². The lowest BCUT2D eigenvalue weighted by atomic mass is 10.2. The quantitative estimate of drug-likeness (QED) is 0.661. The number of aliphatic hydroxyl groups excluding tert-OH is 1. The molecule has 0 aromatic carbocycles. The fourth-order valence-corrected chi connectivity index (χ4v) is 3.03. The molecule has 0 radical (unpaired) electrons. The molecule has 0 aromatic rings. The van der Waals surface area contributed by atoms with Gasteiger partial charge in [0, 0.05) is 5.75 Å². The Labute approximate surface area is 71.7 Å². The summed E-state index contributed by atoms with van der Waals surface area (Å²) in [6.45, 7) is 1.19. The molecule has 0 saturated heterocycles. The Kier molecular flexibility index (Phi) is 2.15. The Bertz CT molecular complexity index is 316. The van der Waals surface area contributed by atoms with Crippen molar-refractivity contribution in [1.82, 2.24) is 0 Å². The number of hydrogen-bond acceptors (Lipinski definition) is 4. The lowest BCUT2D eigenvalue weighted by Crippen LogP contribution is -2.19. The smallest absolute Gasteiger partial charge is 0.154 e. The van der Waals surface area contributed by atoms with E-state index in [1.54, 1.807) is 6.92 Å². The maximum absolute atomic E-state index is 11.2. The molecule has 0 spiro atoms. The predicted molar refractivity (Wildman–Crippen MR) is 43.0 cm³/mol. The average Bonchev–Trinajstić information content (AvgIpc) is 2.80. The molecule has 1 rings (SSSR count). The highest BCUT2D eigenvalue weighted by Gasteiger charge is 2.61. The van der Waals surface area contributed by atoms with E-state index >= 15 is 0 Å². The SMILES string of the molecule is CCS(=O)(=O)C1CC1(C#N)CO. The van der Waals surface area contributed by atoms with E-state index in [0.29, 0.717) is 0 Å². The second-order valence-corrected chi connectivity index (χ2v) is 5.54. The van der Waals surface area contributed by atoms with Gasteiger partial charge in [-0.15, -0.1) is 0 Å². The molecule has 1 N–H and O–H groups in total. The monoisotopic (exact) mass is 189 g/mol. The second-order valence-electron chi connectivity index (χ2n) is 3.07. The highest BCUT2D eigenvalue weighted by molar-refractivity contribution is 7.92. The van der Waals surface area contributed by atoms with Crippen molar-refractivity contribution in [3.05, 3.63) is 0 Å². The first-order chi connectivity index (χ1) is 5.52. The molecule has 0 aliphatic heterocycles. The highest BCUT2D eigenvalue weighted by Crippen LogP contribution is 2.49. The Morgan fingerprint density at radius 1 is 1.75 bits per heavy atom. The van der Waals surface area contributed by atoms with Crippen molar-refractivity contribution in [2.24, 2.45) is 5.41 Å². The van der Waals surface area contributed by atoms with Crippen LogP contribution in [0.3, 0.4) is 0 Å². The average molecular weight is 189 g/mol. The summed E-state index contributed by atoms with van der Waals surface area (Å²) in [7, 11) is -3.14. The summed E-state index contributed by atoms with van der Waals surface area (Å²) in [5, 5.41) is 16.8. The molecule has 12 heavy (non-hydrogen) atoms. The van der Waals surface area contributed by atoms with E-state index in [4.69, 9.17) is 10.4 Å². The van der Waals surface area contributed by atoms with Gasteiger partial charge in [0.2, 0.25) is 0 Å². The number of nitrogens with zero attached hydrogens (tertiary/aromatic N) is 1. The van der Waals surface area contributed by atoms with Gasteiger partial charge in [-0.25, -0.2) is 8.42 Å². The highest BCUT2D eigenvalue weighted by atomic mass is 32.2. The molecule has 68 valence electrons. The number of rotatable bonds is 3. The van der Waals surface area contributed by atoms with Crippen molar-refractivity contribution < 1.29 is 13.5 Å². The molecule has 4 nitrogen and oxygen atoms in total. The molecule has 2 atom stereocenters. The minimum atomic E-state index is -3.14. The van der Waals surface area contributed by atoms with Crippen molar-refractivity contribution in [1.29, 1.82) is 5.26 Å². The summed E-state index contributed by atoms with van der Waals surface area (Å²) in [6.07, 6.45) is 0.288. The van der Waals surface area contributed by atoms with Crippen LogP contribution in [0.15, 0.2) is 0 Å². The number of sulfone groups is 1. The topological polar surface area (TPSA) is 78.2 Å². The molecule has 1 aliphatic rings. The van der Waals surface area contributed by atoms with E-state index in [9.17, 15) is 8.42 Å². The minimum Gasteiger partial charge on any atom is -0.395 e. The van der Waals surface area contributed by atoms with Gasteiger partial charge in [-0.1, -0.05) is 6.92 Å². The summed E-state index contributed by atoms with van der Waals surface area (Å²) in [6, 6.07) is 1.86. The van der Waals surface area contributed by atoms with Crippen LogP contribution in [0.4, 0.5) is 0 Å². The lowest BCUT2D eigenvalue weighted by molar-refractivity contribution is 0.246.